The van der Waals surface area contributed by atoms with E-state index in [1.165, 1.54) is 0 Å². The molecule has 2 atom stereocenters. The van der Waals surface area contributed by atoms with Gasteiger partial charge in [0.2, 0.25) is 0 Å². The number of rotatable bonds is 7. The van der Waals surface area contributed by atoms with Crippen LogP contribution in [0.2, 0.25) is 5.02 Å². The van der Waals surface area contributed by atoms with Gasteiger partial charge in [-0.2, -0.15) is 5.10 Å². The molecule has 0 spiro atoms. The number of likely N-dealkylation sites (N-methyl/N-ethyl adjacent to an activating group) is 1. The second-order valence-corrected chi connectivity index (χ2v) is 5.39. The van der Waals surface area contributed by atoms with E-state index in [1.54, 1.807) is 10.9 Å². The summed E-state index contributed by atoms with van der Waals surface area (Å²) >= 11 is 6.28. The summed E-state index contributed by atoms with van der Waals surface area (Å²) in [6, 6.07) is -0.0719. The molecule has 0 aromatic carbocycles. The minimum absolute atomic E-state index is 0.0719. The first-order chi connectivity index (χ1) is 8.96. The van der Waals surface area contributed by atoms with E-state index in [0.717, 1.165) is 25.2 Å². The van der Waals surface area contributed by atoms with Crippen LogP contribution in [0.3, 0.4) is 0 Å². The van der Waals surface area contributed by atoms with Crippen LogP contribution in [0.4, 0.5) is 0 Å². The molecule has 0 bridgehead atoms. The summed E-state index contributed by atoms with van der Waals surface area (Å²) in [7, 11) is 1.89. The molecule has 0 saturated carbocycles. The van der Waals surface area contributed by atoms with Crippen LogP contribution >= 0.6 is 11.6 Å². The lowest BCUT2D eigenvalue weighted by atomic mass is 9.85. The van der Waals surface area contributed by atoms with Crippen LogP contribution in [0.1, 0.15) is 45.9 Å². The first kappa shape index (κ1) is 16.4. The average Bonchev–Trinajstić information content (AvgIpc) is 2.73. The van der Waals surface area contributed by atoms with Crippen LogP contribution in [0, 0.1) is 0 Å². The lowest BCUT2D eigenvalue weighted by molar-refractivity contribution is 0.0668. The van der Waals surface area contributed by atoms with Crippen LogP contribution in [-0.2, 0) is 7.05 Å². The molecule has 3 N–H and O–H groups in total. The van der Waals surface area contributed by atoms with E-state index in [-0.39, 0.29) is 11.6 Å². The Morgan fingerprint density at radius 1 is 1.47 bits per heavy atom. The van der Waals surface area contributed by atoms with Crippen molar-refractivity contribution in [1.82, 2.24) is 20.1 Å². The highest BCUT2D eigenvalue weighted by atomic mass is 35.5. The number of aromatic nitrogens is 2. The summed E-state index contributed by atoms with van der Waals surface area (Å²) in [5, 5.41) is 4.86. The van der Waals surface area contributed by atoms with Gasteiger partial charge >= 0.3 is 0 Å². The van der Waals surface area contributed by atoms with Crippen molar-refractivity contribution in [2.45, 2.75) is 45.7 Å². The monoisotopic (exact) mass is 287 g/mol. The summed E-state index contributed by atoms with van der Waals surface area (Å²) in [6.07, 6.45) is 2.63. The third-order valence-corrected chi connectivity index (χ3v) is 4.49. The van der Waals surface area contributed by atoms with Crippen molar-refractivity contribution in [2.75, 3.05) is 13.1 Å². The zero-order valence-corrected chi connectivity index (χ0v) is 13.3. The molecule has 1 rings (SSSR count). The van der Waals surface area contributed by atoms with E-state index in [4.69, 9.17) is 17.4 Å². The van der Waals surface area contributed by atoms with Crippen molar-refractivity contribution >= 4 is 11.6 Å². The van der Waals surface area contributed by atoms with Crippen LogP contribution in [0.25, 0.3) is 0 Å². The minimum atomic E-state index is -0.115. The van der Waals surface area contributed by atoms with Gasteiger partial charge in [0.15, 0.2) is 0 Å². The fraction of sp³-hybridized carbons (Fsp3) is 0.769. The molecule has 0 aliphatic rings. The maximum absolute atomic E-state index is 6.28. The lowest BCUT2D eigenvalue weighted by Crippen LogP contribution is -2.56. The molecule has 2 unspecified atom stereocenters. The van der Waals surface area contributed by atoms with Gasteiger partial charge in [-0.05, 0) is 26.4 Å². The molecule has 110 valence electrons. The van der Waals surface area contributed by atoms with Crippen LogP contribution in [0.15, 0.2) is 6.20 Å². The molecule has 0 aliphatic carbocycles. The molecular formula is C13H26ClN5. The molecule has 0 aliphatic heterocycles. The zero-order chi connectivity index (χ0) is 14.6. The molecule has 1 aromatic rings. The van der Waals surface area contributed by atoms with Crippen LogP contribution in [-0.4, -0.2) is 33.3 Å². The molecule has 0 amide bonds. The minimum Gasteiger partial charge on any atom is -0.296 e. The van der Waals surface area contributed by atoms with Gasteiger partial charge in [-0.1, -0.05) is 32.4 Å². The highest BCUT2D eigenvalue weighted by molar-refractivity contribution is 6.31. The fourth-order valence-corrected chi connectivity index (χ4v) is 3.13. The number of aryl methyl sites for hydroxylation is 1. The normalized spacial score (nSPS) is 16.6. The summed E-state index contributed by atoms with van der Waals surface area (Å²) in [6.45, 7) is 10.6. The second kappa shape index (κ2) is 6.70. The molecule has 19 heavy (non-hydrogen) atoms. The summed E-state index contributed by atoms with van der Waals surface area (Å²) < 4.78 is 1.80. The van der Waals surface area contributed by atoms with Crippen molar-refractivity contribution in [2.24, 2.45) is 12.9 Å². The Kier molecular flexibility index (Phi) is 5.80. The zero-order valence-electron chi connectivity index (χ0n) is 12.6. The molecule has 6 heteroatoms. The lowest BCUT2D eigenvalue weighted by Gasteiger charge is -2.45. The van der Waals surface area contributed by atoms with Gasteiger partial charge < -0.3 is 0 Å². The molecule has 1 aromatic heterocycles. The van der Waals surface area contributed by atoms with Gasteiger partial charge in [0.05, 0.1) is 23.0 Å². The highest BCUT2D eigenvalue weighted by Crippen LogP contribution is 2.36. The summed E-state index contributed by atoms with van der Waals surface area (Å²) in [5.41, 5.74) is 3.76. The largest absolute Gasteiger partial charge is 0.296 e. The predicted octanol–water partition coefficient (Wildman–Crippen LogP) is 2.09. The van der Waals surface area contributed by atoms with Crippen molar-refractivity contribution in [1.29, 1.82) is 0 Å². The number of halogens is 1. The van der Waals surface area contributed by atoms with Crippen molar-refractivity contribution in [3.63, 3.8) is 0 Å². The Hall–Kier alpha value is -0.620. The number of hydrogen-bond acceptors (Lipinski definition) is 4. The molecule has 0 saturated heterocycles. The number of nitrogens with zero attached hydrogens (tertiary/aromatic N) is 3. The highest BCUT2D eigenvalue weighted by Gasteiger charge is 2.39. The number of hydrogen-bond donors (Lipinski definition) is 2. The molecule has 5 nitrogen and oxygen atoms in total. The van der Waals surface area contributed by atoms with Gasteiger partial charge in [-0.3, -0.25) is 15.4 Å². The van der Waals surface area contributed by atoms with Crippen molar-refractivity contribution in [3.8, 4) is 0 Å². The Labute approximate surface area is 121 Å². The van der Waals surface area contributed by atoms with Gasteiger partial charge in [0.1, 0.15) is 0 Å². The maximum atomic E-state index is 6.28. The van der Waals surface area contributed by atoms with E-state index in [1.807, 2.05) is 7.05 Å². The van der Waals surface area contributed by atoms with Gasteiger partial charge in [-0.25, -0.2) is 5.43 Å². The van der Waals surface area contributed by atoms with Gasteiger partial charge in [0, 0.05) is 12.6 Å². The third-order valence-electron chi connectivity index (χ3n) is 4.20. The number of nitrogens with one attached hydrogen (secondary N) is 1. The standard InChI is InChI=1S/C13H26ClN5/c1-6-13(4,19(7-2)8-3)12(17-15)11-10(14)9-16-18(11)5/h9,12,17H,6-8,15H2,1-5H3. The molecule has 0 fully saturated rings. The Morgan fingerprint density at radius 3 is 2.37 bits per heavy atom. The third kappa shape index (κ3) is 2.94. The number of hydrazine groups is 1. The average molecular weight is 288 g/mol. The first-order valence-electron chi connectivity index (χ1n) is 6.84. The molecule has 1 heterocycles. The van der Waals surface area contributed by atoms with Crippen molar-refractivity contribution in [3.05, 3.63) is 16.9 Å². The van der Waals surface area contributed by atoms with Crippen LogP contribution in [0.5, 0.6) is 0 Å². The van der Waals surface area contributed by atoms with E-state index >= 15 is 0 Å². The van der Waals surface area contributed by atoms with E-state index in [2.05, 4.69) is 43.1 Å². The number of nitrogens with two attached hydrogens (primary N) is 1. The summed E-state index contributed by atoms with van der Waals surface area (Å²) in [4.78, 5) is 2.40. The predicted molar refractivity (Wildman–Crippen MR) is 79.9 cm³/mol. The Balaban J connectivity index is 3.26. The van der Waals surface area contributed by atoms with Gasteiger partial charge in [0.25, 0.3) is 0 Å². The Morgan fingerprint density at radius 2 is 2.05 bits per heavy atom. The molecular weight excluding hydrogens is 262 g/mol. The van der Waals surface area contributed by atoms with E-state index in [0.29, 0.717) is 5.02 Å². The topological polar surface area (TPSA) is 59.1 Å². The summed E-state index contributed by atoms with van der Waals surface area (Å²) in [5.74, 6) is 5.83. The smallest absolute Gasteiger partial charge is 0.0835 e. The quantitative estimate of drug-likeness (QED) is 0.595. The van der Waals surface area contributed by atoms with Crippen molar-refractivity contribution < 1.29 is 0 Å². The molecule has 0 radical (unpaired) electrons. The maximum Gasteiger partial charge on any atom is 0.0835 e. The van der Waals surface area contributed by atoms with Crippen LogP contribution < -0.4 is 11.3 Å². The fourth-order valence-electron chi connectivity index (χ4n) is 2.85. The van der Waals surface area contributed by atoms with Gasteiger partial charge in [-0.15, -0.1) is 0 Å². The van der Waals surface area contributed by atoms with E-state index < -0.39 is 0 Å². The second-order valence-electron chi connectivity index (χ2n) is 4.98. The SMILES string of the molecule is CCN(CC)C(C)(CC)C(NN)c1c(Cl)cnn1C. The first-order valence-corrected chi connectivity index (χ1v) is 7.22. The Bertz CT molecular complexity index is 382. The van der Waals surface area contributed by atoms with E-state index in [9.17, 15) is 0 Å².